The van der Waals surface area contributed by atoms with Gasteiger partial charge in [-0.2, -0.15) is 0 Å². The molecule has 0 aromatic heterocycles. The minimum Gasteiger partial charge on any atom is -0.310 e. The van der Waals surface area contributed by atoms with E-state index in [1.807, 2.05) is 6.08 Å². The molecule has 0 heterocycles. The summed E-state index contributed by atoms with van der Waals surface area (Å²) in [4.78, 5) is 2.37. The van der Waals surface area contributed by atoms with Crippen LogP contribution in [0.5, 0.6) is 0 Å². The van der Waals surface area contributed by atoms with Gasteiger partial charge in [-0.1, -0.05) is 183 Å². The molecule has 2 atom stereocenters. The van der Waals surface area contributed by atoms with Crippen molar-refractivity contribution in [1.29, 1.82) is 0 Å². The Balaban J connectivity index is 1.36. The van der Waals surface area contributed by atoms with Crippen molar-refractivity contribution < 1.29 is 0 Å². The molecule has 0 amide bonds. The van der Waals surface area contributed by atoms with Gasteiger partial charge in [0, 0.05) is 16.9 Å². The van der Waals surface area contributed by atoms with Crippen LogP contribution >= 0.6 is 0 Å². The summed E-state index contributed by atoms with van der Waals surface area (Å²) in [6.45, 7) is 4.06. The van der Waals surface area contributed by atoms with Crippen molar-refractivity contribution in [3.8, 4) is 11.1 Å². The predicted molar refractivity (Wildman–Crippen MR) is 213 cm³/mol. The first-order valence-electron chi connectivity index (χ1n) is 17.6. The summed E-state index contributed by atoms with van der Waals surface area (Å²) in [5.74, 6) is 0. The van der Waals surface area contributed by atoms with Gasteiger partial charge in [-0.3, -0.25) is 0 Å². The van der Waals surface area contributed by atoms with Crippen LogP contribution in [0, 0.1) is 0 Å². The highest BCUT2D eigenvalue weighted by Crippen LogP contribution is 2.64. The highest BCUT2D eigenvalue weighted by atomic mass is 15.1. The molecule has 2 unspecified atom stereocenters. The van der Waals surface area contributed by atoms with Crippen LogP contribution in [-0.2, 0) is 10.8 Å². The fraction of sp³-hybridized carbons (Fsp3) is 0.0400. The Morgan fingerprint density at radius 1 is 0.471 bits per heavy atom. The third-order valence-electron chi connectivity index (χ3n) is 10.7. The lowest BCUT2D eigenvalue weighted by atomic mass is 9.46. The van der Waals surface area contributed by atoms with Crippen molar-refractivity contribution in [2.24, 2.45) is 0 Å². The molecule has 0 aliphatic heterocycles. The second-order valence-electron chi connectivity index (χ2n) is 13.3. The van der Waals surface area contributed by atoms with Crippen molar-refractivity contribution in [3.63, 3.8) is 0 Å². The van der Waals surface area contributed by atoms with Crippen LogP contribution in [0.15, 0.2) is 225 Å². The molecule has 1 nitrogen and oxygen atoms in total. The molecule has 51 heavy (non-hydrogen) atoms. The molecule has 0 saturated heterocycles. The SMILES string of the molecule is C=C/C=C\C1=CC2(c3ccccc3)c3ccccc3C1(c1ccccc1)c1ccc(-c3ccccc3N(c3ccccc3)c3ccccc3)cc12. The van der Waals surface area contributed by atoms with Crippen LogP contribution in [-0.4, -0.2) is 0 Å². The molecule has 242 valence electrons. The van der Waals surface area contributed by atoms with E-state index < -0.39 is 10.8 Å². The van der Waals surface area contributed by atoms with Gasteiger partial charge in [0.15, 0.2) is 0 Å². The number of benzene rings is 7. The fourth-order valence-corrected chi connectivity index (χ4v) is 8.72. The number of anilines is 3. The van der Waals surface area contributed by atoms with E-state index in [1.54, 1.807) is 0 Å². The summed E-state index contributed by atoms with van der Waals surface area (Å²) in [6, 6.07) is 68.5. The van der Waals surface area contributed by atoms with E-state index in [1.165, 1.54) is 50.1 Å². The number of nitrogens with zero attached hydrogens (tertiary/aromatic N) is 1. The molecular weight excluding hydrogens is 615 g/mol. The minimum absolute atomic E-state index is 0.499. The summed E-state index contributed by atoms with van der Waals surface area (Å²) < 4.78 is 0. The molecular formula is C50H37N. The number of allylic oxidation sites excluding steroid dienone is 5. The monoisotopic (exact) mass is 651 g/mol. The Labute approximate surface area is 300 Å². The van der Waals surface area contributed by atoms with E-state index in [-0.39, 0.29) is 0 Å². The summed E-state index contributed by atoms with van der Waals surface area (Å²) in [7, 11) is 0. The zero-order valence-corrected chi connectivity index (χ0v) is 28.4. The Morgan fingerprint density at radius 3 is 1.65 bits per heavy atom. The number of para-hydroxylation sites is 3. The molecule has 7 aromatic carbocycles. The maximum Gasteiger partial charge on any atom is 0.0705 e. The summed E-state index contributed by atoms with van der Waals surface area (Å²) in [5, 5.41) is 0. The maximum absolute atomic E-state index is 4.06. The van der Waals surface area contributed by atoms with Crippen LogP contribution < -0.4 is 4.90 Å². The molecule has 0 radical (unpaired) electrons. The van der Waals surface area contributed by atoms with Crippen molar-refractivity contribution in [2.75, 3.05) is 4.90 Å². The first-order chi connectivity index (χ1) is 25.3. The molecule has 3 aliphatic rings. The quantitative estimate of drug-likeness (QED) is 0.148. The zero-order valence-electron chi connectivity index (χ0n) is 28.4. The highest BCUT2D eigenvalue weighted by Gasteiger charge is 2.57. The van der Waals surface area contributed by atoms with Gasteiger partial charge in [0.25, 0.3) is 0 Å². The van der Waals surface area contributed by atoms with E-state index in [4.69, 9.17) is 0 Å². The third-order valence-corrected chi connectivity index (χ3v) is 10.7. The molecule has 0 spiro atoms. The van der Waals surface area contributed by atoms with Crippen LogP contribution in [0.1, 0.15) is 33.4 Å². The Kier molecular flexibility index (Phi) is 7.48. The van der Waals surface area contributed by atoms with Gasteiger partial charge in [-0.15, -0.1) is 0 Å². The first kappa shape index (κ1) is 30.6. The summed E-state index contributed by atoms with van der Waals surface area (Å²) >= 11 is 0. The van der Waals surface area contributed by atoms with Gasteiger partial charge in [0.1, 0.15) is 0 Å². The van der Waals surface area contributed by atoms with Crippen LogP contribution in [0.25, 0.3) is 11.1 Å². The molecule has 0 saturated carbocycles. The Bertz CT molecular complexity index is 2390. The Hall–Kier alpha value is -6.44. The van der Waals surface area contributed by atoms with Crippen LogP contribution in [0.2, 0.25) is 0 Å². The van der Waals surface area contributed by atoms with E-state index in [0.717, 1.165) is 17.1 Å². The van der Waals surface area contributed by atoms with Gasteiger partial charge in [-0.25, -0.2) is 0 Å². The molecule has 0 fully saturated rings. The fourth-order valence-electron chi connectivity index (χ4n) is 8.72. The smallest absolute Gasteiger partial charge is 0.0705 e. The van der Waals surface area contributed by atoms with Crippen molar-refractivity contribution in [3.05, 3.63) is 258 Å². The summed E-state index contributed by atoms with van der Waals surface area (Å²) in [6.07, 6.45) is 8.78. The standard InChI is InChI=1S/C50H37N/c1-2-3-20-40-36-49(38-21-8-4-9-22-38)44-30-17-18-31-45(44)50(40,39-23-10-5-11-24-39)46-34-33-37(35-47(46)49)43-29-16-19-32-48(43)51(41-25-12-6-13-26-41)42-27-14-7-15-28-42/h2-36H,1H2/b20-3-. The lowest BCUT2D eigenvalue weighted by Gasteiger charge is -2.55. The van der Waals surface area contributed by atoms with Gasteiger partial charge in [0.05, 0.1) is 16.5 Å². The lowest BCUT2D eigenvalue weighted by molar-refractivity contribution is 0.580. The van der Waals surface area contributed by atoms with E-state index in [9.17, 15) is 0 Å². The van der Waals surface area contributed by atoms with Crippen molar-refractivity contribution in [1.82, 2.24) is 0 Å². The second kappa shape index (κ2) is 12.5. The predicted octanol–water partition coefficient (Wildman–Crippen LogP) is 12.5. The van der Waals surface area contributed by atoms with E-state index in [2.05, 4.69) is 218 Å². The van der Waals surface area contributed by atoms with Crippen molar-refractivity contribution >= 4 is 17.1 Å². The average molecular weight is 652 g/mol. The van der Waals surface area contributed by atoms with Crippen LogP contribution in [0.3, 0.4) is 0 Å². The summed E-state index contributed by atoms with van der Waals surface area (Å²) in [5.41, 5.74) is 13.8. The van der Waals surface area contributed by atoms with Gasteiger partial charge < -0.3 is 4.90 Å². The topological polar surface area (TPSA) is 3.24 Å². The van der Waals surface area contributed by atoms with E-state index in [0.29, 0.717) is 0 Å². The number of rotatable bonds is 8. The van der Waals surface area contributed by atoms with Crippen LogP contribution in [0.4, 0.5) is 17.1 Å². The lowest BCUT2D eigenvalue weighted by Crippen LogP contribution is -2.49. The second-order valence-corrected chi connectivity index (χ2v) is 13.3. The van der Waals surface area contributed by atoms with Gasteiger partial charge in [-0.05, 0) is 80.9 Å². The maximum atomic E-state index is 4.06. The van der Waals surface area contributed by atoms with Gasteiger partial charge in [0.2, 0.25) is 0 Å². The number of hydrogen-bond acceptors (Lipinski definition) is 1. The molecule has 10 rings (SSSR count). The third kappa shape index (κ3) is 4.62. The zero-order chi connectivity index (χ0) is 34.3. The average Bonchev–Trinajstić information content (AvgIpc) is 3.21. The Morgan fingerprint density at radius 2 is 1.00 bits per heavy atom. The molecule has 3 aliphatic carbocycles. The molecule has 2 bridgehead atoms. The largest absolute Gasteiger partial charge is 0.310 e. The van der Waals surface area contributed by atoms with Crippen molar-refractivity contribution in [2.45, 2.75) is 10.8 Å². The first-order valence-corrected chi connectivity index (χ1v) is 17.6. The minimum atomic E-state index is -0.506. The number of hydrogen-bond donors (Lipinski definition) is 0. The van der Waals surface area contributed by atoms with Gasteiger partial charge >= 0.3 is 0 Å². The molecule has 0 N–H and O–H groups in total. The molecule has 7 aromatic rings. The molecule has 1 heteroatoms. The highest BCUT2D eigenvalue weighted by molar-refractivity contribution is 5.90. The van der Waals surface area contributed by atoms with E-state index >= 15 is 0 Å². The normalized spacial score (nSPS) is 18.5.